The van der Waals surface area contributed by atoms with E-state index in [9.17, 15) is 9.59 Å². The minimum atomic E-state index is -0.160. The molecule has 7 heteroatoms. The van der Waals surface area contributed by atoms with E-state index in [1.165, 1.54) is 0 Å². The van der Waals surface area contributed by atoms with Gasteiger partial charge < -0.3 is 14.7 Å². The van der Waals surface area contributed by atoms with Crippen LogP contribution in [0.4, 0.5) is 5.69 Å². The fourth-order valence-electron chi connectivity index (χ4n) is 3.18. The molecule has 1 saturated heterocycles. The maximum absolute atomic E-state index is 12.4. The summed E-state index contributed by atoms with van der Waals surface area (Å²) < 4.78 is 5.12. The maximum atomic E-state index is 12.4. The normalized spacial score (nSPS) is 13.8. The Morgan fingerprint density at radius 1 is 1.14 bits per heavy atom. The molecule has 0 saturated carbocycles. The van der Waals surface area contributed by atoms with E-state index in [4.69, 9.17) is 4.52 Å². The van der Waals surface area contributed by atoms with Gasteiger partial charge in [-0.15, -0.1) is 0 Å². The summed E-state index contributed by atoms with van der Waals surface area (Å²) >= 11 is 0. The minimum absolute atomic E-state index is 0.160. The standard InChI is InChI=1S/C21H20N4O3/c1-14-23-21(28-24-14)17-8-6-16(7-9-17)20(27)22-13-15-4-10-18(11-5-15)25-12-2-3-19(25)26/h4-11H,2-3,12-13H2,1H3,(H,22,27). The topological polar surface area (TPSA) is 88.3 Å². The van der Waals surface area contributed by atoms with Gasteiger partial charge >= 0.3 is 0 Å². The van der Waals surface area contributed by atoms with E-state index in [-0.39, 0.29) is 11.8 Å². The molecule has 2 aromatic carbocycles. The predicted octanol–water partition coefficient (Wildman–Crippen LogP) is 3.10. The first-order valence-corrected chi connectivity index (χ1v) is 9.18. The summed E-state index contributed by atoms with van der Waals surface area (Å²) in [7, 11) is 0. The van der Waals surface area contributed by atoms with E-state index in [1.54, 1.807) is 36.1 Å². The summed E-state index contributed by atoms with van der Waals surface area (Å²) in [6, 6.07) is 14.7. The van der Waals surface area contributed by atoms with Crippen LogP contribution in [0.5, 0.6) is 0 Å². The van der Waals surface area contributed by atoms with Crippen LogP contribution >= 0.6 is 0 Å². The number of nitrogens with one attached hydrogen (secondary N) is 1. The second-order valence-corrected chi connectivity index (χ2v) is 6.72. The fourth-order valence-corrected chi connectivity index (χ4v) is 3.18. The number of anilines is 1. The summed E-state index contributed by atoms with van der Waals surface area (Å²) in [6.07, 6.45) is 1.52. The summed E-state index contributed by atoms with van der Waals surface area (Å²) in [6.45, 7) is 2.94. The Balaban J connectivity index is 1.35. The Kier molecular flexibility index (Phi) is 4.89. The fraction of sp³-hybridized carbons (Fsp3) is 0.238. The molecule has 7 nitrogen and oxygen atoms in total. The van der Waals surface area contributed by atoms with Crippen molar-refractivity contribution >= 4 is 17.5 Å². The second kappa shape index (κ2) is 7.64. The van der Waals surface area contributed by atoms with Gasteiger partial charge in [0.25, 0.3) is 11.8 Å². The van der Waals surface area contributed by atoms with Gasteiger partial charge in [-0.25, -0.2) is 0 Å². The van der Waals surface area contributed by atoms with Crippen molar-refractivity contribution in [3.8, 4) is 11.5 Å². The highest BCUT2D eigenvalue weighted by molar-refractivity contribution is 5.95. The van der Waals surface area contributed by atoms with E-state index in [2.05, 4.69) is 15.5 Å². The molecular weight excluding hydrogens is 356 g/mol. The monoisotopic (exact) mass is 376 g/mol. The zero-order valence-corrected chi connectivity index (χ0v) is 15.5. The van der Waals surface area contributed by atoms with Crippen molar-refractivity contribution in [3.05, 3.63) is 65.5 Å². The number of nitrogens with zero attached hydrogens (tertiary/aromatic N) is 3. The van der Waals surface area contributed by atoms with Crippen LogP contribution in [0, 0.1) is 6.92 Å². The van der Waals surface area contributed by atoms with E-state index >= 15 is 0 Å². The van der Waals surface area contributed by atoms with Gasteiger partial charge in [0.2, 0.25) is 5.91 Å². The number of aryl methyl sites for hydroxylation is 1. The lowest BCUT2D eigenvalue weighted by molar-refractivity contribution is -0.117. The number of rotatable bonds is 5. The van der Waals surface area contributed by atoms with Crippen LogP contribution in [0.1, 0.15) is 34.6 Å². The van der Waals surface area contributed by atoms with Gasteiger partial charge in [-0.1, -0.05) is 17.3 Å². The molecule has 0 bridgehead atoms. The van der Waals surface area contributed by atoms with Gasteiger partial charge in [0, 0.05) is 36.3 Å². The molecule has 2 heterocycles. The quantitative estimate of drug-likeness (QED) is 0.739. The molecule has 0 spiro atoms. The zero-order chi connectivity index (χ0) is 19.5. The van der Waals surface area contributed by atoms with E-state index in [0.717, 1.165) is 29.8 Å². The number of benzene rings is 2. The first-order valence-electron chi connectivity index (χ1n) is 9.18. The predicted molar refractivity (Wildman–Crippen MR) is 104 cm³/mol. The van der Waals surface area contributed by atoms with Gasteiger partial charge in [-0.3, -0.25) is 9.59 Å². The number of carbonyl (C=O) groups excluding carboxylic acids is 2. The highest BCUT2D eigenvalue weighted by atomic mass is 16.5. The molecule has 0 atom stereocenters. The number of hydrogen-bond donors (Lipinski definition) is 1. The van der Waals surface area contributed by atoms with E-state index < -0.39 is 0 Å². The van der Waals surface area contributed by atoms with Crippen molar-refractivity contribution in [2.24, 2.45) is 0 Å². The summed E-state index contributed by atoms with van der Waals surface area (Å²) in [5.74, 6) is 1.00. The first kappa shape index (κ1) is 17.9. The first-order chi connectivity index (χ1) is 13.6. The molecule has 28 heavy (non-hydrogen) atoms. The number of aromatic nitrogens is 2. The average Bonchev–Trinajstić information content (AvgIpc) is 3.35. The van der Waals surface area contributed by atoms with Crippen LogP contribution < -0.4 is 10.2 Å². The number of hydrogen-bond acceptors (Lipinski definition) is 5. The largest absolute Gasteiger partial charge is 0.348 e. The van der Waals surface area contributed by atoms with Gasteiger partial charge in [0.15, 0.2) is 5.82 Å². The molecule has 1 N–H and O–H groups in total. The van der Waals surface area contributed by atoms with Crippen molar-refractivity contribution in [2.75, 3.05) is 11.4 Å². The molecular formula is C21H20N4O3. The number of amides is 2. The zero-order valence-electron chi connectivity index (χ0n) is 15.5. The van der Waals surface area contributed by atoms with Gasteiger partial charge in [0.05, 0.1) is 0 Å². The third-order valence-corrected chi connectivity index (χ3v) is 4.70. The highest BCUT2D eigenvalue weighted by Gasteiger charge is 2.21. The van der Waals surface area contributed by atoms with Crippen molar-refractivity contribution in [2.45, 2.75) is 26.3 Å². The number of carbonyl (C=O) groups is 2. The van der Waals surface area contributed by atoms with Gasteiger partial charge in [0.1, 0.15) is 0 Å². The Bertz CT molecular complexity index is 993. The molecule has 4 rings (SSSR count). The van der Waals surface area contributed by atoms with Crippen LogP contribution in [0.3, 0.4) is 0 Å². The van der Waals surface area contributed by atoms with Crippen molar-refractivity contribution in [1.82, 2.24) is 15.5 Å². The van der Waals surface area contributed by atoms with Crippen LogP contribution in [-0.4, -0.2) is 28.5 Å². The van der Waals surface area contributed by atoms with Crippen LogP contribution in [0.25, 0.3) is 11.5 Å². The van der Waals surface area contributed by atoms with Crippen molar-refractivity contribution in [3.63, 3.8) is 0 Å². The third-order valence-electron chi connectivity index (χ3n) is 4.70. The Hall–Kier alpha value is -3.48. The molecule has 1 aliphatic heterocycles. The Morgan fingerprint density at radius 2 is 1.89 bits per heavy atom. The van der Waals surface area contributed by atoms with Crippen LogP contribution in [0.15, 0.2) is 53.1 Å². The lowest BCUT2D eigenvalue weighted by atomic mass is 10.1. The lowest BCUT2D eigenvalue weighted by Gasteiger charge is -2.16. The minimum Gasteiger partial charge on any atom is -0.348 e. The van der Waals surface area contributed by atoms with E-state index in [0.29, 0.717) is 30.2 Å². The highest BCUT2D eigenvalue weighted by Crippen LogP contribution is 2.22. The second-order valence-electron chi connectivity index (χ2n) is 6.72. The Morgan fingerprint density at radius 3 is 2.50 bits per heavy atom. The molecule has 1 aromatic heterocycles. The molecule has 2 amide bonds. The molecule has 1 fully saturated rings. The van der Waals surface area contributed by atoms with E-state index in [1.807, 2.05) is 24.3 Å². The summed E-state index contributed by atoms with van der Waals surface area (Å²) in [4.78, 5) is 30.1. The van der Waals surface area contributed by atoms with Crippen molar-refractivity contribution in [1.29, 1.82) is 0 Å². The molecule has 0 aliphatic carbocycles. The molecule has 142 valence electrons. The van der Waals surface area contributed by atoms with Gasteiger partial charge in [-0.05, 0) is 55.3 Å². The summed E-state index contributed by atoms with van der Waals surface area (Å²) in [5, 5.41) is 6.67. The third kappa shape index (κ3) is 3.78. The average molecular weight is 376 g/mol. The summed E-state index contributed by atoms with van der Waals surface area (Å²) in [5.41, 5.74) is 3.20. The van der Waals surface area contributed by atoms with Crippen molar-refractivity contribution < 1.29 is 14.1 Å². The van der Waals surface area contributed by atoms with Gasteiger partial charge in [-0.2, -0.15) is 4.98 Å². The molecule has 3 aromatic rings. The van der Waals surface area contributed by atoms with Crippen LogP contribution in [0.2, 0.25) is 0 Å². The molecule has 0 radical (unpaired) electrons. The lowest BCUT2D eigenvalue weighted by Crippen LogP contribution is -2.24. The smallest absolute Gasteiger partial charge is 0.257 e. The SMILES string of the molecule is Cc1noc(-c2ccc(C(=O)NCc3ccc(N4CCCC4=O)cc3)cc2)n1. The van der Waals surface area contributed by atoms with Crippen LogP contribution in [-0.2, 0) is 11.3 Å². The molecule has 1 aliphatic rings. The Labute approximate surface area is 162 Å². The maximum Gasteiger partial charge on any atom is 0.257 e. The molecule has 0 unspecified atom stereocenters.